The summed E-state index contributed by atoms with van der Waals surface area (Å²) in [6.07, 6.45) is 1.91. The van der Waals surface area contributed by atoms with Crippen molar-refractivity contribution >= 4 is 21.6 Å². The van der Waals surface area contributed by atoms with E-state index in [0.717, 1.165) is 20.0 Å². The first-order valence-electron chi connectivity index (χ1n) is 10.4. The molecular weight excluding hydrogens is 444 g/mol. The van der Waals surface area contributed by atoms with Gasteiger partial charge in [-0.25, -0.2) is 17.5 Å². The summed E-state index contributed by atoms with van der Waals surface area (Å²) >= 11 is 0. The minimum Gasteiger partial charge on any atom is -0.310 e. The molecule has 4 rings (SSSR count). The summed E-state index contributed by atoms with van der Waals surface area (Å²) in [7, 11) is -0.668. The summed E-state index contributed by atoms with van der Waals surface area (Å²) < 4.78 is 28.2. The minimum atomic E-state index is -3.59. The number of rotatable bonds is 6. The van der Waals surface area contributed by atoms with E-state index in [1.54, 1.807) is 12.1 Å². The van der Waals surface area contributed by atoms with Gasteiger partial charge in [0.1, 0.15) is 6.54 Å². The lowest BCUT2D eigenvalue weighted by atomic mass is 10.2. The second-order valence-corrected chi connectivity index (χ2v) is 10.2. The Morgan fingerprint density at radius 3 is 2.45 bits per heavy atom. The number of hydrogen-bond donors (Lipinski definition) is 0. The van der Waals surface area contributed by atoms with E-state index < -0.39 is 33.7 Å². The van der Waals surface area contributed by atoms with Crippen LogP contribution in [0.4, 0.5) is 5.69 Å². The molecule has 0 aliphatic carbocycles. The van der Waals surface area contributed by atoms with Crippen molar-refractivity contribution < 1.29 is 13.2 Å². The number of hydrogen-bond acceptors (Lipinski definition) is 5. The Labute approximate surface area is 191 Å². The van der Waals surface area contributed by atoms with Gasteiger partial charge in [-0.2, -0.15) is 0 Å². The number of carbonyl (C=O) groups is 1. The van der Waals surface area contributed by atoms with Crippen LogP contribution in [0, 0.1) is 0 Å². The fourth-order valence-corrected chi connectivity index (χ4v) is 4.78. The van der Waals surface area contributed by atoms with Crippen LogP contribution in [0.1, 0.15) is 11.1 Å². The molecule has 0 bridgehead atoms. The molecule has 1 aliphatic heterocycles. The van der Waals surface area contributed by atoms with Crippen LogP contribution < -0.4 is 16.1 Å². The Morgan fingerprint density at radius 1 is 1.03 bits per heavy atom. The first kappa shape index (κ1) is 22.7. The van der Waals surface area contributed by atoms with Gasteiger partial charge < -0.3 is 4.90 Å². The van der Waals surface area contributed by atoms with Gasteiger partial charge in [0, 0.05) is 38.6 Å². The second-order valence-electron chi connectivity index (χ2n) is 8.01. The molecule has 172 valence electrons. The maximum Gasteiger partial charge on any atom is 0.331 e. The molecule has 0 N–H and O–H groups in total. The summed E-state index contributed by atoms with van der Waals surface area (Å²) in [5.41, 5.74) is 1.10. The van der Waals surface area contributed by atoms with E-state index in [4.69, 9.17) is 0 Å². The molecule has 1 amide bonds. The summed E-state index contributed by atoms with van der Waals surface area (Å²) in [6, 6.07) is 15.2. The Hall–Kier alpha value is -3.50. The van der Waals surface area contributed by atoms with Crippen molar-refractivity contribution in [3.05, 3.63) is 92.8 Å². The van der Waals surface area contributed by atoms with Crippen LogP contribution in [0.2, 0.25) is 0 Å². The van der Waals surface area contributed by atoms with Crippen LogP contribution in [0.3, 0.4) is 0 Å². The molecule has 0 atom stereocenters. The number of sulfonamides is 1. The third-order valence-corrected chi connectivity index (χ3v) is 7.47. The largest absolute Gasteiger partial charge is 0.331 e. The average molecular weight is 469 g/mol. The fraction of sp³-hybridized carbons (Fsp3) is 0.261. The number of amides is 1. The highest BCUT2D eigenvalue weighted by atomic mass is 32.2. The molecule has 0 saturated carbocycles. The lowest BCUT2D eigenvalue weighted by molar-refractivity contribution is -0.119. The molecule has 0 unspecified atom stereocenters. The minimum absolute atomic E-state index is 0.156. The van der Waals surface area contributed by atoms with E-state index in [1.807, 2.05) is 30.3 Å². The lowest BCUT2D eigenvalue weighted by Crippen LogP contribution is -2.44. The molecule has 2 aromatic carbocycles. The summed E-state index contributed by atoms with van der Waals surface area (Å²) in [5.74, 6) is -0.409. The highest BCUT2D eigenvalue weighted by molar-refractivity contribution is 7.89. The molecule has 1 aromatic heterocycles. The molecule has 2 heterocycles. The number of carbonyl (C=O) groups excluding carboxylic acids is 1. The Balaban J connectivity index is 1.59. The van der Waals surface area contributed by atoms with Crippen molar-refractivity contribution in [2.24, 2.45) is 0 Å². The first-order valence-corrected chi connectivity index (χ1v) is 11.8. The second kappa shape index (κ2) is 8.80. The molecule has 9 nitrogen and oxygen atoms in total. The zero-order valence-electron chi connectivity index (χ0n) is 18.3. The molecule has 0 radical (unpaired) electrons. The number of aromatic nitrogens is 2. The molecule has 33 heavy (non-hydrogen) atoms. The van der Waals surface area contributed by atoms with Crippen molar-refractivity contribution in [3.63, 3.8) is 0 Å². The summed E-state index contributed by atoms with van der Waals surface area (Å²) in [4.78, 5) is 39.9. The highest BCUT2D eigenvalue weighted by Gasteiger charge is 2.28. The van der Waals surface area contributed by atoms with E-state index in [-0.39, 0.29) is 11.4 Å². The van der Waals surface area contributed by atoms with Gasteiger partial charge in [0.25, 0.3) is 5.56 Å². The van der Waals surface area contributed by atoms with Crippen molar-refractivity contribution in [3.8, 4) is 0 Å². The molecule has 0 spiro atoms. The summed E-state index contributed by atoms with van der Waals surface area (Å²) in [5, 5.41) is 0. The maximum atomic E-state index is 13.0. The normalized spacial score (nSPS) is 13.4. The number of benzene rings is 2. The van der Waals surface area contributed by atoms with E-state index in [2.05, 4.69) is 0 Å². The van der Waals surface area contributed by atoms with Gasteiger partial charge in [-0.05, 0) is 35.7 Å². The fourth-order valence-electron chi connectivity index (χ4n) is 3.83. The molecular formula is C23H24N4O5S. The first-order chi connectivity index (χ1) is 15.7. The molecule has 0 fully saturated rings. The van der Waals surface area contributed by atoms with E-state index in [0.29, 0.717) is 18.7 Å². The topological polar surface area (TPSA) is 102 Å². The van der Waals surface area contributed by atoms with Crippen molar-refractivity contribution in [1.82, 2.24) is 13.4 Å². The lowest BCUT2D eigenvalue weighted by Gasteiger charge is -2.19. The third kappa shape index (κ3) is 4.39. The van der Waals surface area contributed by atoms with Crippen LogP contribution in [-0.2, 0) is 34.3 Å². The zero-order valence-corrected chi connectivity index (χ0v) is 19.2. The van der Waals surface area contributed by atoms with Crippen LogP contribution in [-0.4, -0.2) is 48.4 Å². The third-order valence-electron chi connectivity index (χ3n) is 5.65. The smallest absolute Gasteiger partial charge is 0.310 e. The Bertz CT molecular complexity index is 1430. The van der Waals surface area contributed by atoms with Gasteiger partial charge in [0.05, 0.1) is 11.4 Å². The zero-order chi connectivity index (χ0) is 23.8. The standard InChI is InChI=1S/C23H24N4O5S/c1-24(2)33(31,32)19-8-9-20-18(14-19)10-13-26(20)22(29)16-27-21(28)11-12-25(23(27)30)15-17-6-4-3-5-7-17/h3-9,11-12,14H,10,13,15-16H2,1-2H3. The maximum absolute atomic E-state index is 13.0. The number of nitrogens with zero attached hydrogens (tertiary/aromatic N) is 4. The molecule has 10 heteroatoms. The highest BCUT2D eigenvalue weighted by Crippen LogP contribution is 2.31. The van der Waals surface area contributed by atoms with Gasteiger partial charge in [0.2, 0.25) is 15.9 Å². The number of fused-ring (bicyclic) bond motifs is 1. The Morgan fingerprint density at radius 2 is 1.76 bits per heavy atom. The van der Waals surface area contributed by atoms with Gasteiger partial charge in [-0.15, -0.1) is 0 Å². The molecule has 0 saturated heterocycles. The Kier molecular flexibility index (Phi) is 6.05. The average Bonchev–Trinajstić information content (AvgIpc) is 3.22. The van der Waals surface area contributed by atoms with Gasteiger partial charge >= 0.3 is 5.69 Å². The van der Waals surface area contributed by atoms with Crippen LogP contribution in [0.25, 0.3) is 0 Å². The van der Waals surface area contributed by atoms with Gasteiger partial charge in [0.15, 0.2) is 0 Å². The van der Waals surface area contributed by atoms with Gasteiger partial charge in [-0.1, -0.05) is 30.3 Å². The SMILES string of the molecule is CN(C)S(=O)(=O)c1ccc2c(c1)CCN2C(=O)Cn1c(=O)ccn(Cc2ccccc2)c1=O. The predicted octanol–water partition coefficient (Wildman–Crippen LogP) is 0.898. The molecule has 3 aromatic rings. The van der Waals surface area contributed by atoms with Crippen molar-refractivity contribution in [2.45, 2.75) is 24.4 Å². The van der Waals surface area contributed by atoms with Crippen LogP contribution in [0.5, 0.6) is 0 Å². The van der Waals surface area contributed by atoms with Crippen LogP contribution >= 0.6 is 0 Å². The van der Waals surface area contributed by atoms with E-state index in [1.165, 1.54) is 41.9 Å². The van der Waals surface area contributed by atoms with Crippen LogP contribution in [0.15, 0.2) is 75.3 Å². The quantitative estimate of drug-likeness (QED) is 0.535. The van der Waals surface area contributed by atoms with E-state index in [9.17, 15) is 22.8 Å². The summed E-state index contributed by atoms with van der Waals surface area (Å²) in [6.45, 7) is 0.230. The molecule has 1 aliphatic rings. The predicted molar refractivity (Wildman–Crippen MR) is 124 cm³/mol. The van der Waals surface area contributed by atoms with Crippen molar-refractivity contribution in [2.75, 3.05) is 25.5 Å². The van der Waals surface area contributed by atoms with E-state index >= 15 is 0 Å². The van der Waals surface area contributed by atoms with Gasteiger partial charge in [-0.3, -0.25) is 18.7 Å². The number of anilines is 1. The van der Waals surface area contributed by atoms with Crippen molar-refractivity contribution in [1.29, 1.82) is 0 Å². The monoisotopic (exact) mass is 468 g/mol.